The Morgan fingerprint density at radius 2 is 1.44 bits per heavy atom. The average molecular weight is 225 g/mol. The highest BCUT2D eigenvalue weighted by Crippen LogP contribution is 2.49. The Kier molecular flexibility index (Phi) is 4.10. The Morgan fingerprint density at radius 1 is 1.00 bits per heavy atom. The Morgan fingerprint density at radius 3 is 1.75 bits per heavy atom. The molecule has 0 heterocycles. The van der Waals surface area contributed by atoms with Crippen molar-refractivity contribution in [1.82, 2.24) is 5.32 Å². The van der Waals surface area contributed by atoms with Crippen LogP contribution < -0.4 is 5.32 Å². The van der Waals surface area contributed by atoms with E-state index in [1.54, 1.807) is 0 Å². The molecular weight excluding hydrogens is 194 g/mol. The predicted molar refractivity (Wildman–Crippen MR) is 72.6 cm³/mol. The SMILES string of the molecule is CNC(C(C)C)C1CC(C)(C)CC(C)(C)C1. The lowest BCUT2D eigenvalue weighted by Gasteiger charge is -2.48. The summed E-state index contributed by atoms with van der Waals surface area (Å²) >= 11 is 0. The summed E-state index contributed by atoms with van der Waals surface area (Å²) in [6, 6.07) is 0.679. The standard InChI is InChI=1S/C15H31N/c1-11(2)13(16-7)12-8-14(3,4)10-15(5,6)9-12/h11-13,16H,8-10H2,1-7H3. The van der Waals surface area contributed by atoms with Gasteiger partial charge in [0.25, 0.3) is 0 Å². The minimum atomic E-state index is 0.510. The lowest BCUT2D eigenvalue weighted by Crippen LogP contribution is -2.45. The van der Waals surface area contributed by atoms with Crippen LogP contribution in [0.25, 0.3) is 0 Å². The van der Waals surface area contributed by atoms with Crippen LogP contribution >= 0.6 is 0 Å². The molecule has 0 aromatic heterocycles. The highest BCUT2D eigenvalue weighted by Gasteiger charge is 2.41. The molecule has 1 rings (SSSR count). The number of nitrogens with one attached hydrogen (secondary N) is 1. The summed E-state index contributed by atoms with van der Waals surface area (Å²) < 4.78 is 0. The number of hydrogen-bond acceptors (Lipinski definition) is 1. The van der Waals surface area contributed by atoms with E-state index in [9.17, 15) is 0 Å². The molecule has 0 aliphatic heterocycles. The van der Waals surface area contributed by atoms with E-state index in [0.717, 1.165) is 11.8 Å². The van der Waals surface area contributed by atoms with E-state index in [4.69, 9.17) is 0 Å². The highest BCUT2D eigenvalue weighted by molar-refractivity contribution is 4.93. The van der Waals surface area contributed by atoms with Crippen LogP contribution in [-0.2, 0) is 0 Å². The first-order valence-corrected chi connectivity index (χ1v) is 6.84. The fraction of sp³-hybridized carbons (Fsp3) is 1.00. The van der Waals surface area contributed by atoms with Crippen LogP contribution in [0.15, 0.2) is 0 Å². The molecule has 1 nitrogen and oxygen atoms in total. The van der Waals surface area contributed by atoms with Crippen molar-refractivity contribution in [2.45, 2.75) is 66.8 Å². The van der Waals surface area contributed by atoms with Crippen LogP contribution in [0, 0.1) is 22.7 Å². The van der Waals surface area contributed by atoms with Gasteiger partial charge in [-0.1, -0.05) is 41.5 Å². The first-order chi connectivity index (χ1) is 7.17. The van der Waals surface area contributed by atoms with E-state index >= 15 is 0 Å². The van der Waals surface area contributed by atoms with E-state index in [-0.39, 0.29) is 0 Å². The molecule has 96 valence electrons. The van der Waals surface area contributed by atoms with Crippen LogP contribution in [0.5, 0.6) is 0 Å². The zero-order valence-corrected chi connectivity index (χ0v) is 12.4. The quantitative estimate of drug-likeness (QED) is 0.763. The molecule has 0 bridgehead atoms. The summed E-state index contributed by atoms with van der Waals surface area (Å²) in [7, 11) is 2.12. The second kappa shape index (κ2) is 4.68. The zero-order chi connectivity index (χ0) is 12.6. The topological polar surface area (TPSA) is 12.0 Å². The van der Waals surface area contributed by atoms with E-state index in [1.165, 1.54) is 19.3 Å². The lowest BCUT2D eigenvalue weighted by molar-refractivity contribution is 0.0421. The van der Waals surface area contributed by atoms with E-state index in [2.05, 4.69) is 53.9 Å². The lowest BCUT2D eigenvalue weighted by atomic mass is 9.59. The Balaban J connectivity index is 2.80. The first-order valence-electron chi connectivity index (χ1n) is 6.84. The van der Waals surface area contributed by atoms with Gasteiger partial charge in [-0.25, -0.2) is 0 Å². The van der Waals surface area contributed by atoms with Crippen molar-refractivity contribution in [3.05, 3.63) is 0 Å². The molecule has 1 N–H and O–H groups in total. The van der Waals surface area contributed by atoms with Gasteiger partial charge in [0, 0.05) is 6.04 Å². The van der Waals surface area contributed by atoms with Gasteiger partial charge in [0.05, 0.1) is 0 Å². The summed E-state index contributed by atoms with van der Waals surface area (Å²) in [5.41, 5.74) is 1.02. The molecule has 1 heteroatoms. The van der Waals surface area contributed by atoms with E-state index in [1.807, 2.05) is 0 Å². The maximum absolute atomic E-state index is 3.55. The van der Waals surface area contributed by atoms with Crippen molar-refractivity contribution in [2.75, 3.05) is 7.05 Å². The van der Waals surface area contributed by atoms with Crippen LogP contribution in [0.2, 0.25) is 0 Å². The Labute approximate surface area is 102 Å². The minimum Gasteiger partial charge on any atom is -0.316 e. The maximum atomic E-state index is 3.55. The van der Waals surface area contributed by atoms with Crippen molar-refractivity contribution in [1.29, 1.82) is 0 Å². The molecule has 16 heavy (non-hydrogen) atoms. The molecule has 1 fully saturated rings. The van der Waals surface area contributed by atoms with Crippen molar-refractivity contribution in [3.8, 4) is 0 Å². The smallest absolute Gasteiger partial charge is 0.0116 e. The van der Waals surface area contributed by atoms with Gasteiger partial charge in [-0.05, 0) is 49.0 Å². The summed E-state index contributed by atoms with van der Waals surface area (Å²) in [6.45, 7) is 14.4. The summed E-state index contributed by atoms with van der Waals surface area (Å²) in [5.74, 6) is 1.57. The summed E-state index contributed by atoms with van der Waals surface area (Å²) in [6.07, 6.45) is 4.12. The molecule has 1 aliphatic rings. The molecule has 1 atom stereocenters. The van der Waals surface area contributed by atoms with E-state index in [0.29, 0.717) is 16.9 Å². The minimum absolute atomic E-state index is 0.510. The summed E-state index contributed by atoms with van der Waals surface area (Å²) in [4.78, 5) is 0. The molecular formula is C15H31N. The van der Waals surface area contributed by atoms with E-state index < -0.39 is 0 Å². The number of rotatable bonds is 3. The second-order valence-electron chi connectivity index (χ2n) is 7.73. The zero-order valence-electron chi connectivity index (χ0n) is 12.4. The largest absolute Gasteiger partial charge is 0.316 e. The van der Waals surface area contributed by atoms with Crippen LogP contribution in [0.3, 0.4) is 0 Å². The third kappa shape index (κ3) is 3.48. The first kappa shape index (κ1) is 14.0. The third-order valence-electron chi connectivity index (χ3n) is 4.15. The Hall–Kier alpha value is -0.0400. The molecule has 0 amide bonds. The monoisotopic (exact) mass is 225 g/mol. The van der Waals surface area contributed by atoms with Gasteiger partial charge >= 0.3 is 0 Å². The molecule has 1 aliphatic carbocycles. The highest BCUT2D eigenvalue weighted by atomic mass is 14.9. The summed E-state index contributed by atoms with van der Waals surface area (Å²) in [5, 5.41) is 3.55. The average Bonchev–Trinajstić information content (AvgIpc) is 1.97. The molecule has 0 radical (unpaired) electrons. The fourth-order valence-electron chi connectivity index (χ4n) is 4.30. The molecule has 0 aromatic carbocycles. The van der Waals surface area contributed by atoms with Gasteiger partial charge in [-0.15, -0.1) is 0 Å². The number of hydrogen-bond donors (Lipinski definition) is 1. The molecule has 0 saturated heterocycles. The van der Waals surface area contributed by atoms with Gasteiger partial charge in [-0.2, -0.15) is 0 Å². The van der Waals surface area contributed by atoms with Crippen LogP contribution in [0.4, 0.5) is 0 Å². The molecule has 0 aromatic rings. The molecule has 1 saturated carbocycles. The van der Waals surface area contributed by atoms with Crippen LogP contribution in [-0.4, -0.2) is 13.1 Å². The maximum Gasteiger partial charge on any atom is 0.0116 e. The van der Waals surface area contributed by atoms with Crippen molar-refractivity contribution < 1.29 is 0 Å². The second-order valence-corrected chi connectivity index (χ2v) is 7.73. The van der Waals surface area contributed by atoms with Gasteiger partial charge in [-0.3, -0.25) is 0 Å². The van der Waals surface area contributed by atoms with Gasteiger partial charge < -0.3 is 5.32 Å². The van der Waals surface area contributed by atoms with Crippen molar-refractivity contribution >= 4 is 0 Å². The van der Waals surface area contributed by atoms with Gasteiger partial charge in [0.15, 0.2) is 0 Å². The van der Waals surface area contributed by atoms with Crippen LogP contribution in [0.1, 0.15) is 60.8 Å². The normalized spacial score (nSPS) is 27.0. The molecule has 0 spiro atoms. The third-order valence-corrected chi connectivity index (χ3v) is 4.15. The van der Waals surface area contributed by atoms with Crippen molar-refractivity contribution in [3.63, 3.8) is 0 Å². The fourth-order valence-corrected chi connectivity index (χ4v) is 4.30. The van der Waals surface area contributed by atoms with Gasteiger partial charge in [0.2, 0.25) is 0 Å². The van der Waals surface area contributed by atoms with Crippen molar-refractivity contribution in [2.24, 2.45) is 22.7 Å². The predicted octanol–water partition coefficient (Wildman–Crippen LogP) is 4.08. The van der Waals surface area contributed by atoms with Gasteiger partial charge in [0.1, 0.15) is 0 Å². The molecule has 1 unspecified atom stereocenters. The Bertz CT molecular complexity index is 212.